The highest BCUT2D eigenvalue weighted by atomic mass is 32.1. The molecule has 3 rings (SSSR count). The molecule has 106 valence electrons. The number of aromatic nitrogens is 1. The Morgan fingerprint density at radius 2 is 2.30 bits per heavy atom. The maximum atomic E-state index is 5.44. The summed E-state index contributed by atoms with van der Waals surface area (Å²) in [6.07, 6.45) is 1.90. The third-order valence-corrected chi connectivity index (χ3v) is 4.05. The minimum Gasteiger partial charge on any atom is -0.493 e. The van der Waals surface area contributed by atoms with Crippen LogP contribution >= 0.6 is 11.3 Å². The Hall–Kier alpha value is -1.79. The molecule has 1 aliphatic heterocycles. The van der Waals surface area contributed by atoms with E-state index in [0.29, 0.717) is 17.2 Å². The van der Waals surface area contributed by atoms with E-state index in [1.54, 1.807) is 18.4 Å². The third-order valence-electron chi connectivity index (χ3n) is 3.01. The molecule has 1 N–H and O–H groups in total. The lowest BCUT2D eigenvalue weighted by Crippen LogP contribution is -2.10. The molecule has 6 heteroatoms. The van der Waals surface area contributed by atoms with Crippen molar-refractivity contribution in [3.63, 3.8) is 0 Å². The highest BCUT2D eigenvalue weighted by Crippen LogP contribution is 2.44. The molecule has 5 nitrogen and oxygen atoms in total. The van der Waals surface area contributed by atoms with Crippen molar-refractivity contribution in [2.75, 3.05) is 20.4 Å². The predicted octanol–water partition coefficient (Wildman–Crippen LogP) is 2.66. The summed E-state index contributed by atoms with van der Waals surface area (Å²) in [6, 6.07) is 3.88. The van der Waals surface area contributed by atoms with Crippen LogP contribution < -0.4 is 19.5 Å². The van der Waals surface area contributed by atoms with Crippen molar-refractivity contribution in [2.45, 2.75) is 13.5 Å². The molecule has 0 spiro atoms. The molecule has 0 fully saturated rings. The van der Waals surface area contributed by atoms with E-state index in [2.05, 4.69) is 17.2 Å². The Morgan fingerprint density at radius 1 is 1.40 bits per heavy atom. The minimum atomic E-state index is 0.235. The number of benzene rings is 1. The van der Waals surface area contributed by atoms with Crippen molar-refractivity contribution in [3.8, 4) is 27.8 Å². The van der Waals surface area contributed by atoms with Crippen LogP contribution in [0, 0.1) is 0 Å². The molecule has 0 amide bonds. The molecule has 0 bridgehead atoms. The summed E-state index contributed by atoms with van der Waals surface area (Å²) >= 11 is 1.67. The second-order valence-electron chi connectivity index (χ2n) is 4.32. The summed E-state index contributed by atoms with van der Waals surface area (Å²) in [5, 5.41) is 4.25. The van der Waals surface area contributed by atoms with E-state index >= 15 is 0 Å². The highest BCUT2D eigenvalue weighted by molar-refractivity contribution is 7.15. The Bertz CT molecular complexity index is 612. The molecule has 0 aliphatic carbocycles. The van der Waals surface area contributed by atoms with Gasteiger partial charge in [0.15, 0.2) is 11.5 Å². The number of nitrogens with one attached hydrogen (secondary N) is 1. The number of methoxy groups -OCH3 is 1. The van der Waals surface area contributed by atoms with E-state index in [9.17, 15) is 0 Å². The quantitative estimate of drug-likeness (QED) is 0.918. The van der Waals surface area contributed by atoms with Gasteiger partial charge in [-0.15, -0.1) is 11.3 Å². The maximum absolute atomic E-state index is 5.44. The molecule has 0 atom stereocenters. The van der Waals surface area contributed by atoms with Gasteiger partial charge < -0.3 is 19.5 Å². The van der Waals surface area contributed by atoms with Gasteiger partial charge in [-0.2, -0.15) is 0 Å². The molecule has 0 radical (unpaired) electrons. The van der Waals surface area contributed by atoms with Gasteiger partial charge in [-0.25, -0.2) is 4.98 Å². The smallest absolute Gasteiger partial charge is 0.231 e. The lowest BCUT2D eigenvalue weighted by atomic mass is 10.2. The first-order valence-electron chi connectivity index (χ1n) is 6.45. The average molecular weight is 292 g/mol. The lowest BCUT2D eigenvalue weighted by Gasteiger charge is -2.06. The lowest BCUT2D eigenvalue weighted by molar-refractivity contribution is 0.171. The fraction of sp³-hybridized carbons (Fsp3) is 0.357. The van der Waals surface area contributed by atoms with E-state index in [4.69, 9.17) is 14.2 Å². The van der Waals surface area contributed by atoms with Gasteiger partial charge in [-0.3, -0.25) is 0 Å². The second-order valence-corrected chi connectivity index (χ2v) is 5.44. The molecule has 20 heavy (non-hydrogen) atoms. The van der Waals surface area contributed by atoms with E-state index < -0.39 is 0 Å². The van der Waals surface area contributed by atoms with Crippen LogP contribution in [0.25, 0.3) is 10.6 Å². The fourth-order valence-electron chi connectivity index (χ4n) is 2.02. The van der Waals surface area contributed by atoms with Gasteiger partial charge in [0.1, 0.15) is 5.01 Å². The molecule has 0 saturated carbocycles. The van der Waals surface area contributed by atoms with Crippen molar-refractivity contribution in [2.24, 2.45) is 0 Å². The number of thiazole rings is 1. The Labute approximate surface area is 121 Å². The van der Waals surface area contributed by atoms with Gasteiger partial charge in [0.05, 0.1) is 7.11 Å². The third kappa shape index (κ3) is 2.44. The normalized spacial score (nSPS) is 12.7. The van der Waals surface area contributed by atoms with Gasteiger partial charge in [0.2, 0.25) is 12.5 Å². The van der Waals surface area contributed by atoms with Crippen LogP contribution in [0.2, 0.25) is 0 Å². The zero-order valence-electron chi connectivity index (χ0n) is 11.4. The summed E-state index contributed by atoms with van der Waals surface area (Å²) in [7, 11) is 1.62. The van der Waals surface area contributed by atoms with Gasteiger partial charge in [-0.1, -0.05) is 6.92 Å². The van der Waals surface area contributed by atoms with Crippen LogP contribution in [0.3, 0.4) is 0 Å². The molecule has 2 aromatic rings. The fourth-order valence-corrected chi connectivity index (χ4v) is 2.89. The van der Waals surface area contributed by atoms with Crippen molar-refractivity contribution >= 4 is 11.3 Å². The standard InChI is InChI=1S/C14H16N2O3S/c1-3-15-6-10-7-16-14(20-10)9-4-11(17-2)13-12(5-9)18-8-19-13/h4-5,7,15H,3,6,8H2,1-2H3. The SMILES string of the molecule is CCNCc1cnc(-c2cc(OC)c3c(c2)OCO3)s1. The van der Waals surface area contributed by atoms with E-state index in [1.165, 1.54) is 4.88 Å². The van der Waals surface area contributed by atoms with Gasteiger partial charge >= 0.3 is 0 Å². The number of rotatable bonds is 5. The molecular weight excluding hydrogens is 276 g/mol. The maximum Gasteiger partial charge on any atom is 0.231 e. The molecule has 1 aromatic heterocycles. The number of fused-ring (bicyclic) bond motifs is 1. The van der Waals surface area contributed by atoms with Gasteiger partial charge in [-0.05, 0) is 18.7 Å². The minimum absolute atomic E-state index is 0.235. The Morgan fingerprint density at radius 3 is 3.10 bits per heavy atom. The summed E-state index contributed by atoms with van der Waals surface area (Å²) in [5.41, 5.74) is 0.985. The van der Waals surface area contributed by atoms with Gasteiger partial charge in [0.25, 0.3) is 0 Å². The number of hydrogen-bond donors (Lipinski definition) is 1. The van der Waals surface area contributed by atoms with Crippen molar-refractivity contribution in [1.29, 1.82) is 0 Å². The van der Waals surface area contributed by atoms with Crippen molar-refractivity contribution in [3.05, 3.63) is 23.2 Å². The Kier molecular flexibility index (Phi) is 3.75. The molecule has 2 heterocycles. The molecule has 1 aliphatic rings. The first kappa shape index (κ1) is 13.2. The van der Waals surface area contributed by atoms with Crippen molar-refractivity contribution in [1.82, 2.24) is 10.3 Å². The first-order valence-corrected chi connectivity index (χ1v) is 7.27. The molecular formula is C14H16N2O3S. The highest BCUT2D eigenvalue weighted by Gasteiger charge is 2.21. The zero-order chi connectivity index (χ0) is 13.9. The van der Waals surface area contributed by atoms with Crippen LogP contribution in [-0.4, -0.2) is 25.4 Å². The zero-order valence-corrected chi connectivity index (χ0v) is 12.3. The summed E-state index contributed by atoms with van der Waals surface area (Å²) in [6.45, 7) is 4.12. The van der Waals surface area contributed by atoms with Gasteiger partial charge in [0, 0.05) is 23.2 Å². The summed E-state index contributed by atoms with van der Waals surface area (Å²) in [5.74, 6) is 2.06. The largest absolute Gasteiger partial charge is 0.493 e. The van der Waals surface area contributed by atoms with E-state index in [0.717, 1.165) is 23.7 Å². The number of nitrogens with zero attached hydrogens (tertiary/aromatic N) is 1. The predicted molar refractivity (Wildman–Crippen MR) is 77.6 cm³/mol. The molecule has 1 aromatic carbocycles. The van der Waals surface area contributed by atoms with Crippen LogP contribution in [-0.2, 0) is 6.54 Å². The van der Waals surface area contributed by atoms with Crippen LogP contribution in [0.1, 0.15) is 11.8 Å². The topological polar surface area (TPSA) is 52.6 Å². The van der Waals surface area contributed by atoms with E-state index in [1.807, 2.05) is 18.3 Å². The second kappa shape index (κ2) is 5.68. The molecule has 0 unspecified atom stereocenters. The van der Waals surface area contributed by atoms with E-state index in [-0.39, 0.29) is 6.79 Å². The first-order chi connectivity index (χ1) is 9.81. The van der Waals surface area contributed by atoms with Crippen LogP contribution in [0.5, 0.6) is 17.2 Å². The van der Waals surface area contributed by atoms with Crippen molar-refractivity contribution < 1.29 is 14.2 Å². The summed E-state index contributed by atoms with van der Waals surface area (Å²) < 4.78 is 16.2. The number of hydrogen-bond acceptors (Lipinski definition) is 6. The Balaban J connectivity index is 1.92. The number of ether oxygens (including phenoxy) is 3. The molecule has 0 saturated heterocycles. The monoisotopic (exact) mass is 292 g/mol. The summed E-state index contributed by atoms with van der Waals surface area (Å²) in [4.78, 5) is 5.67. The van der Waals surface area contributed by atoms with Crippen LogP contribution in [0.15, 0.2) is 18.3 Å². The average Bonchev–Trinajstić information content (AvgIpc) is 3.12. The van der Waals surface area contributed by atoms with Crippen LogP contribution in [0.4, 0.5) is 0 Å².